The maximum atomic E-state index is 5.43. The zero-order valence-electron chi connectivity index (χ0n) is 14.9. The second kappa shape index (κ2) is 9.43. The van der Waals surface area contributed by atoms with Crippen LogP contribution in [-0.4, -0.2) is 11.7 Å². The van der Waals surface area contributed by atoms with Crippen LogP contribution in [0.5, 0.6) is 0 Å². The number of hydrogen-bond acceptors (Lipinski definition) is 1. The van der Waals surface area contributed by atoms with Gasteiger partial charge in [0, 0.05) is 12.2 Å². The van der Waals surface area contributed by atoms with Crippen molar-refractivity contribution in [3.63, 3.8) is 0 Å². The molecule has 2 nitrogen and oxygen atoms in total. The van der Waals surface area contributed by atoms with Crippen LogP contribution in [-0.2, 0) is 6.42 Å². The highest BCUT2D eigenvalue weighted by molar-refractivity contribution is 7.80. The SMILES string of the molecule is CC[C@H](CNC(=S)Nc1ccc(C(C)C)cc1)Cc1ccccc1. The van der Waals surface area contributed by atoms with E-state index >= 15 is 0 Å². The Bertz CT molecular complexity index is 620. The van der Waals surface area contributed by atoms with Crippen molar-refractivity contribution in [2.75, 3.05) is 11.9 Å². The fraction of sp³-hybridized carbons (Fsp3) is 0.381. The Kier molecular flexibility index (Phi) is 7.26. The lowest BCUT2D eigenvalue weighted by Gasteiger charge is -2.18. The molecule has 0 aromatic heterocycles. The zero-order chi connectivity index (χ0) is 17.4. The average molecular weight is 341 g/mol. The molecule has 2 N–H and O–H groups in total. The quantitative estimate of drug-likeness (QED) is 0.663. The predicted molar refractivity (Wildman–Crippen MR) is 109 cm³/mol. The fourth-order valence-electron chi connectivity index (χ4n) is 2.67. The molecule has 2 rings (SSSR count). The molecular weight excluding hydrogens is 312 g/mol. The third kappa shape index (κ3) is 5.97. The summed E-state index contributed by atoms with van der Waals surface area (Å²) in [6.45, 7) is 7.52. The molecule has 0 aliphatic heterocycles. The predicted octanol–water partition coefficient (Wildman–Crippen LogP) is 5.37. The van der Waals surface area contributed by atoms with Gasteiger partial charge in [0.05, 0.1) is 0 Å². The zero-order valence-corrected chi connectivity index (χ0v) is 15.7. The van der Waals surface area contributed by atoms with Gasteiger partial charge in [-0.2, -0.15) is 0 Å². The van der Waals surface area contributed by atoms with Crippen molar-refractivity contribution in [1.82, 2.24) is 5.32 Å². The third-order valence-electron chi connectivity index (χ3n) is 4.33. The van der Waals surface area contributed by atoms with Gasteiger partial charge in [-0.15, -0.1) is 0 Å². The van der Waals surface area contributed by atoms with Gasteiger partial charge in [-0.1, -0.05) is 69.7 Å². The first-order valence-electron chi connectivity index (χ1n) is 8.77. The van der Waals surface area contributed by atoms with Crippen molar-refractivity contribution in [3.8, 4) is 0 Å². The molecule has 2 aromatic carbocycles. The van der Waals surface area contributed by atoms with Crippen molar-refractivity contribution in [1.29, 1.82) is 0 Å². The highest BCUT2D eigenvalue weighted by Crippen LogP contribution is 2.17. The van der Waals surface area contributed by atoms with Gasteiger partial charge in [0.1, 0.15) is 0 Å². The molecule has 3 heteroatoms. The maximum absolute atomic E-state index is 5.43. The molecule has 0 saturated carbocycles. The molecule has 0 aliphatic rings. The van der Waals surface area contributed by atoms with Gasteiger partial charge in [0.2, 0.25) is 0 Å². The Balaban J connectivity index is 1.80. The minimum Gasteiger partial charge on any atom is -0.362 e. The van der Waals surface area contributed by atoms with E-state index in [-0.39, 0.29) is 0 Å². The molecular formula is C21H28N2S. The van der Waals surface area contributed by atoms with Crippen molar-refractivity contribution >= 4 is 23.0 Å². The highest BCUT2D eigenvalue weighted by Gasteiger charge is 2.08. The Morgan fingerprint density at radius 1 is 1.00 bits per heavy atom. The van der Waals surface area contributed by atoms with Crippen LogP contribution >= 0.6 is 12.2 Å². The van der Waals surface area contributed by atoms with Crippen LogP contribution in [0.4, 0.5) is 5.69 Å². The van der Waals surface area contributed by atoms with E-state index in [0.29, 0.717) is 16.9 Å². The van der Waals surface area contributed by atoms with Crippen LogP contribution < -0.4 is 10.6 Å². The first-order valence-corrected chi connectivity index (χ1v) is 9.18. The normalized spacial score (nSPS) is 12.0. The molecule has 0 aliphatic carbocycles. The van der Waals surface area contributed by atoms with Gasteiger partial charge < -0.3 is 10.6 Å². The molecule has 0 saturated heterocycles. The van der Waals surface area contributed by atoms with E-state index in [9.17, 15) is 0 Å². The van der Waals surface area contributed by atoms with Gasteiger partial charge >= 0.3 is 0 Å². The summed E-state index contributed by atoms with van der Waals surface area (Å²) >= 11 is 5.43. The van der Waals surface area contributed by atoms with Gasteiger partial charge in [-0.3, -0.25) is 0 Å². The third-order valence-corrected chi connectivity index (χ3v) is 4.58. The molecule has 0 amide bonds. The molecule has 0 spiro atoms. The number of benzene rings is 2. The van der Waals surface area contributed by atoms with Crippen LogP contribution in [0.2, 0.25) is 0 Å². The van der Waals surface area contributed by atoms with Crippen LogP contribution in [0.25, 0.3) is 0 Å². The van der Waals surface area contributed by atoms with Gasteiger partial charge in [0.15, 0.2) is 5.11 Å². The highest BCUT2D eigenvalue weighted by atomic mass is 32.1. The minimum absolute atomic E-state index is 0.549. The van der Waals surface area contributed by atoms with Gasteiger partial charge in [-0.05, 0) is 53.7 Å². The monoisotopic (exact) mass is 340 g/mol. The summed E-state index contributed by atoms with van der Waals surface area (Å²) in [7, 11) is 0. The van der Waals surface area contributed by atoms with E-state index in [0.717, 1.165) is 25.1 Å². The summed E-state index contributed by atoms with van der Waals surface area (Å²) in [6, 6.07) is 19.1. The lowest BCUT2D eigenvalue weighted by Crippen LogP contribution is -2.33. The van der Waals surface area contributed by atoms with E-state index < -0.39 is 0 Å². The standard InChI is InChI=1S/C21H28N2S/c1-4-17(14-18-8-6-5-7-9-18)15-22-21(24)23-20-12-10-19(11-13-20)16(2)3/h5-13,16-17H,4,14-15H2,1-3H3,(H2,22,23,24)/t17-/m0/s1. The summed E-state index contributed by atoms with van der Waals surface area (Å²) in [4.78, 5) is 0. The number of hydrogen-bond donors (Lipinski definition) is 2. The van der Waals surface area contributed by atoms with E-state index in [2.05, 4.69) is 86.0 Å². The fourth-order valence-corrected chi connectivity index (χ4v) is 2.87. The van der Waals surface area contributed by atoms with Crippen LogP contribution in [0, 0.1) is 5.92 Å². The molecule has 0 fully saturated rings. The number of nitrogens with one attached hydrogen (secondary N) is 2. The first-order chi connectivity index (χ1) is 11.6. The van der Waals surface area contributed by atoms with E-state index in [1.54, 1.807) is 0 Å². The number of anilines is 1. The minimum atomic E-state index is 0.549. The first kappa shape index (κ1) is 18.5. The Labute approximate surface area is 151 Å². The van der Waals surface area contributed by atoms with Crippen molar-refractivity contribution < 1.29 is 0 Å². The van der Waals surface area contributed by atoms with Crippen LogP contribution in [0.15, 0.2) is 54.6 Å². The van der Waals surface area contributed by atoms with Crippen molar-refractivity contribution in [2.24, 2.45) is 5.92 Å². The van der Waals surface area contributed by atoms with E-state index in [1.807, 2.05) is 0 Å². The molecule has 128 valence electrons. The van der Waals surface area contributed by atoms with Gasteiger partial charge in [-0.25, -0.2) is 0 Å². The molecule has 0 heterocycles. The lowest BCUT2D eigenvalue weighted by atomic mass is 9.97. The lowest BCUT2D eigenvalue weighted by molar-refractivity contribution is 0.498. The van der Waals surface area contributed by atoms with Crippen LogP contribution in [0.1, 0.15) is 44.2 Å². The Morgan fingerprint density at radius 3 is 2.25 bits per heavy atom. The summed E-state index contributed by atoms with van der Waals surface area (Å²) in [6.07, 6.45) is 2.21. The molecule has 2 aromatic rings. The second-order valence-corrected chi connectivity index (χ2v) is 6.98. The molecule has 0 unspecified atom stereocenters. The smallest absolute Gasteiger partial charge is 0.170 e. The number of thiocarbonyl (C=S) groups is 1. The van der Waals surface area contributed by atoms with Crippen molar-refractivity contribution in [2.45, 2.75) is 39.5 Å². The second-order valence-electron chi connectivity index (χ2n) is 6.58. The largest absolute Gasteiger partial charge is 0.362 e. The molecule has 1 atom stereocenters. The molecule has 0 bridgehead atoms. The maximum Gasteiger partial charge on any atom is 0.170 e. The topological polar surface area (TPSA) is 24.1 Å². The van der Waals surface area contributed by atoms with E-state index in [1.165, 1.54) is 11.1 Å². The van der Waals surface area contributed by atoms with Gasteiger partial charge in [0.25, 0.3) is 0 Å². The van der Waals surface area contributed by atoms with Crippen LogP contribution in [0.3, 0.4) is 0 Å². The summed E-state index contributed by atoms with van der Waals surface area (Å²) < 4.78 is 0. The Morgan fingerprint density at radius 2 is 1.67 bits per heavy atom. The number of rotatable bonds is 7. The summed E-state index contributed by atoms with van der Waals surface area (Å²) in [5, 5.41) is 7.33. The molecule has 24 heavy (non-hydrogen) atoms. The van der Waals surface area contributed by atoms with E-state index in [4.69, 9.17) is 12.2 Å². The Hall–Kier alpha value is -1.87. The summed E-state index contributed by atoms with van der Waals surface area (Å²) in [5.41, 5.74) is 3.76. The summed E-state index contributed by atoms with van der Waals surface area (Å²) in [5.74, 6) is 1.13. The molecule has 0 radical (unpaired) electrons. The average Bonchev–Trinajstić information content (AvgIpc) is 2.60. The van der Waals surface area contributed by atoms with Crippen molar-refractivity contribution in [3.05, 3.63) is 65.7 Å².